The molecular formula is C43H47B. The first-order valence-electron chi connectivity index (χ1n) is 16.6. The topological polar surface area (TPSA) is 0 Å². The van der Waals surface area contributed by atoms with E-state index in [1.54, 1.807) is 5.46 Å². The van der Waals surface area contributed by atoms with Gasteiger partial charge in [-0.1, -0.05) is 155 Å². The summed E-state index contributed by atoms with van der Waals surface area (Å²) in [5, 5.41) is 0. The Hall–Kier alpha value is -3.84. The zero-order valence-corrected chi connectivity index (χ0v) is 28.0. The van der Waals surface area contributed by atoms with E-state index < -0.39 is 0 Å². The van der Waals surface area contributed by atoms with Crippen LogP contribution in [-0.4, -0.2) is 6.71 Å². The Kier molecular flexibility index (Phi) is 8.43. The average Bonchev–Trinajstić information content (AvgIpc) is 3.28. The van der Waals surface area contributed by atoms with E-state index in [0.717, 1.165) is 12.8 Å². The Morgan fingerprint density at radius 1 is 0.500 bits per heavy atom. The molecule has 0 saturated carbocycles. The van der Waals surface area contributed by atoms with Gasteiger partial charge in [0.05, 0.1) is 0 Å². The molecule has 5 aromatic rings. The van der Waals surface area contributed by atoms with E-state index in [1.165, 1.54) is 72.1 Å². The van der Waals surface area contributed by atoms with E-state index in [-0.39, 0.29) is 6.71 Å². The van der Waals surface area contributed by atoms with Gasteiger partial charge in [0.25, 0.3) is 0 Å². The summed E-state index contributed by atoms with van der Waals surface area (Å²) in [4.78, 5) is 0. The van der Waals surface area contributed by atoms with Crippen LogP contribution in [0.15, 0.2) is 97.1 Å². The van der Waals surface area contributed by atoms with Crippen LogP contribution in [-0.2, 0) is 12.8 Å². The van der Waals surface area contributed by atoms with Crippen molar-refractivity contribution in [3.05, 3.63) is 147 Å². The minimum absolute atomic E-state index is 0.241. The second-order valence-corrected chi connectivity index (χ2v) is 14.1. The Balaban J connectivity index is 1.61. The van der Waals surface area contributed by atoms with Gasteiger partial charge in [-0.15, -0.1) is 0 Å². The molecule has 222 valence electrons. The molecule has 0 spiro atoms. The summed E-state index contributed by atoms with van der Waals surface area (Å²) in [5.74, 6) is 1.41. The van der Waals surface area contributed by atoms with Crippen LogP contribution in [0.4, 0.5) is 0 Å². The highest BCUT2D eigenvalue weighted by atomic mass is 14.3. The first-order valence-corrected chi connectivity index (χ1v) is 16.6. The smallest absolute Gasteiger partial charge is 0.0631 e. The van der Waals surface area contributed by atoms with Gasteiger partial charge in [0.15, 0.2) is 0 Å². The highest BCUT2D eigenvalue weighted by Crippen LogP contribution is 2.33. The van der Waals surface area contributed by atoms with Crippen LogP contribution in [0.3, 0.4) is 0 Å². The van der Waals surface area contributed by atoms with Gasteiger partial charge in [-0.3, -0.25) is 0 Å². The van der Waals surface area contributed by atoms with Gasteiger partial charge in [0.2, 0.25) is 6.71 Å². The average molecular weight is 575 g/mol. The quantitative estimate of drug-likeness (QED) is 0.159. The lowest BCUT2D eigenvalue weighted by molar-refractivity contribution is 0.812. The molecule has 0 aromatic heterocycles. The van der Waals surface area contributed by atoms with Crippen LogP contribution in [0.1, 0.15) is 109 Å². The lowest BCUT2D eigenvalue weighted by Crippen LogP contribution is -2.52. The molecule has 1 heterocycles. The molecule has 0 saturated heterocycles. The van der Waals surface area contributed by atoms with Gasteiger partial charge in [-0.05, 0) is 106 Å². The summed E-state index contributed by atoms with van der Waals surface area (Å²) >= 11 is 0. The fraction of sp³-hybridized carbons (Fsp3) is 0.302. The maximum absolute atomic E-state index is 2.54. The molecule has 6 rings (SSSR count). The van der Waals surface area contributed by atoms with Gasteiger partial charge < -0.3 is 0 Å². The summed E-state index contributed by atoms with van der Waals surface area (Å²) in [6, 6.07) is 37.1. The van der Waals surface area contributed by atoms with Crippen LogP contribution >= 0.6 is 0 Å². The highest BCUT2D eigenvalue weighted by Gasteiger charge is 2.38. The second-order valence-electron chi connectivity index (χ2n) is 14.1. The predicted octanol–water partition coefficient (Wildman–Crippen LogP) is 9.35. The fourth-order valence-corrected chi connectivity index (χ4v) is 7.33. The summed E-state index contributed by atoms with van der Waals surface area (Å²) < 4.78 is 0. The lowest BCUT2D eigenvalue weighted by Gasteiger charge is -2.27. The highest BCUT2D eigenvalue weighted by molar-refractivity contribution is 6.99. The molecule has 1 aliphatic heterocycles. The van der Waals surface area contributed by atoms with Crippen LogP contribution in [0.25, 0.3) is 11.1 Å². The second kappa shape index (κ2) is 12.3. The molecule has 0 amide bonds. The first-order chi connectivity index (χ1) is 21.1. The predicted molar refractivity (Wildman–Crippen MR) is 193 cm³/mol. The summed E-state index contributed by atoms with van der Waals surface area (Å²) in [6.07, 6.45) is 1.92. The SMILES string of the molecule is Cc1cc2c(cc1Cc1ccccc1)-c1cc(Cc3ccccc3)c(C)cc1B2c1c(C(C)C)cc(C(C)C)cc1C(C)C. The number of rotatable bonds is 8. The third kappa shape index (κ3) is 5.70. The van der Waals surface area contributed by atoms with Crippen LogP contribution in [0.5, 0.6) is 0 Å². The van der Waals surface area contributed by atoms with Gasteiger partial charge in [0, 0.05) is 0 Å². The minimum atomic E-state index is 0.241. The molecule has 1 heteroatoms. The molecule has 0 bridgehead atoms. The van der Waals surface area contributed by atoms with Crippen molar-refractivity contribution < 1.29 is 0 Å². The Morgan fingerprint density at radius 2 is 0.909 bits per heavy atom. The molecule has 44 heavy (non-hydrogen) atoms. The van der Waals surface area contributed by atoms with Crippen molar-refractivity contribution in [2.24, 2.45) is 0 Å². The van der Waals surface area contributed by atoms with Gasteiger partial charge in [-0.25, -0.2) is 0 Å². The number of hydrogen-bond donors (Lipinski definition) is 0. The van der Waals surface area contributed by atoms with Crippen LogP contribution < -0.4 is 16.4 Å². The molecule has 0 N–H and O–H groups in total. The number of hydrogen-bond acceptors (Lipinski definition) is 0. The van der Waals surface area contributed by atoms with Crippen molar-refractivity contribution in [3.63, 3.8) is 0 Å². The standard InChI is InChI=1S/C43H47B/c1-27(2)34-23-37(28(3)4)43(38(24-34)29(5)6)44-41-19-30(7)35(21-32-15-11-9-12-16-32)25-39(41)40-26-36(31(8)20-42(40)44)22-33-17-13-10-14-18-33/h9-20,23-29H,21-22H2,1-8H3. The molecule has 0 radical (unpaired) electrons. The van der Waals surface area contributed by atoms with E-state index in [0.29, 0.717) is 17.8 Å². The van der Waals surface area contributed by atoms with Gasteiger partial charge in [-0.2, -0.15) is 0 Å². The third-order valence-electron chi connectivity index (χ3n) is 9.87. The van der Waals surface area contributed by atoms with E-state index in [1.807, 2.05) is 0 Å². The minimum Gasteiger partial charge on any atom is -0.0631 e. The van der Waals surface area contributed by atoms with E-state index in [2.05, 4.69) is 152 Å². The van der Waals surface area contributed by atoms with Gasteiger partial charge >= 0.3 is 0 Å². The number of benzene rings is 5. The van der Waals surface area contributed by atoms with E-state index in [4.69, 9.17) is 0 Å². The zero-order chi connectivity index (χ0) is 31.1. The molecule has 0 aliphatic carbocycles. The normalized spacial score (nSPS) is 12.4. The van der Waals surface area contributed by atoms with Crippen molar-refractivity contribution in [3.8, 4) is 11.1 Å². The van der Waals surface area contributed by atoms with Crippen molar-refractivity contribution in [1.29, 1.82) is 0 Å². The van der Waals surface area contributed by atoms with Gasteiger partial charge in [0.1, 0.15) is 0 Å². The number of fused-ring (bicyclic) bond motifs is 3. The van der Waals surface area contributed by atoms with Crippen molar-refractivity contribution in [2.75, 3.05) is 0 Å². The number of aryl methyl sites for hydroxylation is 2. The zero-order valence-electron chi connectivity index (χ0n) is 28.0. The molecule has 5 aromatic carbocycles. The summed E-state index contributed by atoms with van der Waals surface area (Å²) in [5.41, 5.74) is 20.2. The van der Waals surface area contributed by atoms with Crippen LogP contribution in [0.2, 0.25) is 0 Å². The van der Waals surface area contributed by atoms with Crippen LogP contribution in [0, 0.1) is 13.8 Å². The fourth-order valence-electron chi connectivity index (χ4n) is 7.33. The van der Waals surface area contributed by atoms with E-state index >= 15 is 0 Å². The maximum Gasteiger partial charge on any atom is 0.243 e. The molecule has 0 unspecified atom stereocenters. The van der Waals surface area contributed by atoms with Crippen molar-refractivity contribution in [2.45, 2.75) is 86.0 Å². The Bertz CT molecular complexity index is 1660. The largest absolute Gasteiger partial charge is 0.243 e. The molecular weight excluding hydrogens is 527 g/mol. The molecule has 0 nitrogen and oxygen atoms in total. The monoisotopic (exact) mass is 574 g/mol. The summed E-state index contributed by atoms with van der Waals surface area (Å²) in [7, 11) is 0. The lowest BCUT2D eigenvalue weighted by atomic mass is 9.36. The third-order valence-corrected chi connectivity index (χ3v) is 9.87. The van der Waals surface area contributed by atoms with Crippen molar-refractivity contribution in [1.82, 2.24) is 0 Å². The van der Waals surface area contributed by atoms with E-state index in [9.17, 15) is 0 Å². The molecule has 0 atom stereocenters. The Labute approximate surface area is 266 Å². The Morgan fingerprint density at radius 3 is 1.27 bits per heavy atom. The first kappa shape index (κ1) is 30.2. The summed E-state index contributed by atoms with van der Waals surface area (Å²) in [6.45, 7) is 19.1. The maximum atomic E-state index is 2.54. The molecule has 1 aliphatic rings. The molecule has 0 fully saturated rings. The van der Waals surface area contributed by atoms with Crippen molar-refractivity contribution >= 4 is 23.1 Å².